The monoisotopic (exact) mass is 304 g/mol. The number of oxime groups is 1. The predicted molar refractivity (Wildman–Crippen MR) is 82.0 cm³/mol. The molecule has 3 atom stereocenters. The van der Waals surface area contributed by atoms with Gasteiger partial charge in [-0.15, -0.1) is 0 Å². The van der Waals surface area contributed by atoms with E-state index in [0.717, 1.165) is 19.3 Å². The van der Waals surface area contributed by atoms with E-state index in [9.17, 15) is 9.18 Å². The Bertz CT molecular complexity index is 592. The molecule has 2 aliphatic rings. The number of amides is 1. The zero-order valence-corrected chi connectivity index (χ0v) is 13.0. The van der Waals surface area contributed by atoms with Crippen LogP contribution in [0, 0.1) is 5.82 Å². The van der Waals surface area contributed by atoms with Crippen molar-refractivity contribution in [3.63, 3.8) is 0 Å². The Balaban J connectivity index is 1.71. The Morgan fingerprint density at radius 2 is 1.95 bits per heavy atom. The van der Waals surface area contributed by atoms with Gasteiger partial charge in [0.05, 0.1) is 5.71 Å². The molecule has 2 aliphatic heterocycles. The largest absolute Gasteiger partial charge is 0.382 e. The first kappa shape index (κ1) is 15.0. The molecular weight excluding hydrogens is 283 g/mol. The second-order valence-corrected chi connectivity index (χ2v) is 6.19. The molecule has 0 saturated carbocycles. The maximum Gasteiger partial charge on any atom is 0.267 e. The lowest BCUT2D eigenvalue weighted by Crippen LogP contribution is -2.51. The highest BCUT2D eigenvalue weighted by Gasteiger charge is 2.38. The molecule has 0 spiro atoms. The van der Waals surface area contributed by atoms with Gasteiger partial charge in [-0.1, -0.05) is 23.4 Å². The molecule has 2 heterocycles. The molecule has 1 amide bonds. The van der Waals surface area contributed by atoms with Crippen LogP contribution in [0.5, 0.6) is 0 Å². The molecular formula is C17H21FN2O2. The molecule has 0 radical (unpaired) electrons. The van der Waals surface area contributed by atoms with Crippen molar-refractivity contribution >= 4 is 11.6 Å². The summed E-state index contributed by atoms with van der Waals surface area (Å²) in [6.45, 7) is 4.14. The zero-order chi connectivity index (χ0) is 15.7. The third kappa shape index (κ3) is 2.72. The highest BCUT2D eigenvalue weighted by molar-refractivity contribution is 6.04. The smallest absolute Gasteiger partial charge is 0.267 e. The Morgan fingerprint density at radius 1 is 1.27 bits per heavy atom. The average Bonchev–Trinajstić information content (AvgIpc) is 2.97. The van der Waals surface area contributed by atoms with Crippen LogP contribution in [0.15, 0.2) is 29.4 Å². The van der Waals surface area contributed by atoms with Gasteiger partial charge in [-0.2, -0.15) is 0 Å². The Labute approximate surface area is 129 Å². The van der Waals surface area contributed by atoms with E-state index >= 15 is 0 Å². The molecule has 1 saturated heterocycles. The van der Waals surface area contributed by atoms with E-state index < -0.39 is 6.10 Å². The first-order valence-corrected chi connectivity index (χ1v) is 7.87. The van der Waals surface area contributed by atoms with Crippen molar-refractivity contribution < 1.29 is 14.0 Å². The summed E-state index contributed by atoms with van der Waals surface area (Å²) >= 11 is 0. The molecule has 118 valence electrons. The van der Waals surface area contributed by atoms with Crippen molar-refractivity contribution in [2.75, 3.05) is 0 Å². The van der Waals surface area contributed by atoms with Crippen molar-refractivity contribution in [2.24, 2.45) is 5.16 Å². The van der Waals surface area contributed by atoms with Crippen LogP contribution >= 0.6 is 0 Å². The van der Waals surface area contributed by atoms with Crippen LogP contribution in [0.2, 0.25) is 0 Å². The molecule has 0 aliphatic carbocycles. The van der Waals surface area contributed by atoms with Crippen molar-refractivity contribution in [1.82, 2.24) is 4.90 Å². The van der Waals surface area contributed by atoms with Gasteiger partial charge in [0.2, 0.25) is 6.10 Å². The fraction of sp³-hybridized carbons (Fsp3) is 0.529. The van der Waals surface area contributed by atoms with Gasteiger partial charge in [0.1, 0.15) is 5.82 Å². The van der Waals surface area contributed by atoms with E-state index in [4.69, 9.17) is 4.84 Å². The lowest BCUT2D eigenvalue weighted by Gasteiger charge is -2.39. The molecule has 3 rings (SSSR count). The molecule has 0 unspecified atom stereocenters. The van der Waals surface area contributed by atoms with Crippen LogP contribution in [0.4, 0.5) is 4.39 Å². The third-order valence-corrected chi connectivity index (χ3v) is 4.58. The van der Waals surface area contributed by atoms with Crippen LogP contribution in [0.1, 0.15) is 45.1 Å². The van der Waals surface area contributed by atoms with Gasteiger partial charge in [-0.3, -0.25) is 4.79 Å². The van der Waals surface area contributed by atoms with Gasteiger partial charge in [0.15, 0.2) is 0 Å². The quantitative estimate of drug-likeness (QED) is 0.842. The SMILES string of the molecule is C[C@@H]1CCC[C@H](C)N1C(=O)[C@@H]1CC(c2ccccc2F)=NO1. The normalized spacial score (nSPS) is 28.2. The van der Waals surface area contributed by atoms with Gasteiger partial charge < -0.3 is 9.74 Å². The number of hydrogen-bond acceptors (Lipinski definition) is 3. The first-order valence-electron chi connectivity index (χ1n) is 7.87. The number of rotatable bonds is 2. The Hall–Kier alpha value is -1.91. The number of likely N-dealkylation sites (tertiary alicyclic amines) is 1. The van der Waals surface area contributed by atoms with Gasteiger partial charge in [-0.25, -0.2) is 4.39 Å². The maximum atomic E-state index is 13.8. The van der Waals surface area contributed by atoms with Gasteiger partial charge >= 0.3 is 0 Å². The molecule has 22 heavy (non-hydrogen) atoms. The van der Waals surface area contributed by atoms with Crippen molar-refractivity contribution in [3.8, 4) is 0 Å². The second kappa shape index (κ2) is 6.07. The zero-order valence-electron chi connectivity index (χ0n) is 13.0. The van der Waals surface area contributed by atoms with Crippen molar-refractivity contribution in [2.45, 2.75) is 57.7 Å². The molecule has 0 N–H and O–H groups in total. The van der Waals surface area contributed by atoms with E-state index in [0.29, 0.717) is 17.7 Å². The van der Waals surface area contributed by atoms with Gasteiger partial charge in [0, 0.05) is 24.1 Å². The number of piperidine rings is 1. The van der Waals surface area contributed by atoms with E-state index in [-0.39, 0.29) is 23.8 Å². The fourth-order valence-corrected chi connectivity index (χ4v) is 3.39. The van der Waals surface area contributed by atoms with Crippen LogP contribution in [0.25, 0.3) is 0 Å². The summed E-state index contributed by atoms with van der Waals surface area (Å²) in [5.41, 5.74) is 0.923. The van der Waals surface area contributed by atoms with Crippen molar-refractivity contribution in [1.29, 1.82) is 0 Å². The molecule has 1 aromatic rings. The highest BCUT2D eigenvalue weighted by atomic mass is 19.1. The topological polar surface area (TPSA) is 41.9 Å². The first-order chi connectivity index (χ1) is 10.6. The lowest BCUT2D eigenvalue weighted by atomic mass is 9.95. The van der Waals surface area contributed by atoms with E-state index in [1.165, 1.54) is 6.07 Å². The van der Waals surface area contributed by atoms with Crippen LogP contribution in [-0.2, 0) is 9.63 Å². The number of hydrogen-bond donors (Lipinski definition) is 0. The Kier molecular flexibility index (Phi) is 4.14. The minimum atomic E-state index is -0.627. The van der Waals surface area contributed by atoms with Gasteiger partial charge in [-0.05, 0) is 39.2 Å². The Morgan fingerprint density at radius 3 is 2.64 bits per heavy atom. The molecule has 0 aromatic heterocycles. The maximum absolute atomic E-state index is 13.8. The highest BCUT2D eigenvalue weighted by Crippen LogP contribution is 2.27. The van der Waals surface area contributed by atoms with Gasteiger partial charge in [0.25, 0.3) is 5.91 Å². The summed E-state index contributed by atoms with van der Waals surface area (Å²) in [6, 6.07) is 6.88. The standard InChI is InChI=1S/C17H21FN2O2/c1-11-6-5-7-12(2)20(11)17(21)16-10-15(19-22-16)13-8-3-4-9-14(13)18/h3-4,8-9,11-12,16H,5-7,10H2,1-2H3/t11-,12+,16-/m0/s1. The number of carbonyl (C=O) groups is 1. The summed E-state index contributed by atoms with van der Waals surface area (Å²) < 4.78 is 13.8. The average molecular weight is 304 g/mol. The molecule has 1 fully saturated rings. The summed E-state index contributed by atoms with van der Waals surface area (Å²) in [5, 5.41) is 3.94. The van der Waals surface area contributed by atoms with Crippen LogP contribution in [-0.4, -0.2) is 34.7 Å². The van der Waals surface area contributed by atoms with E-state index in [2.05, 4.69) is 19.0 Å². The minimum Gasteiger partial charge on any atom is -0.382 e. The number of carbonyl (C=O) groups excluding carboxylic acids is 1. The summed E-state index contributed by atoms with van der Waals surface area (Å²) in [7, 11) is 0. The minimum absolute atomic E-state index is 0.0326. The van der Waals surface area contributed by atoms with E-state index in [1.54, 1.807) is 18.2 Å². The van der Waals surface area contributed by atoms with Crippen LogP contribution in [0.3, 0.4) is 0 Å². The molecule has 4 nitrogen and oxygen atoms in total. The third-order valence-electron chi connectivity index (χ3n) is 4.58. The molecule has 5 heteroatoms. The second-order valence-electron chi connectivity index (χ2n) is 6.19. The number of benzene rings is 1. The lowest BCUT2D eigenvalue weighted by molar-refractivity contribution is -0.148. The summed E-state index contributed by atoms with van der Waals surface area (Å²) in [5.74, 6) is -0.368. The fourth-order valence-electron chi connectivity index (χ4n) is 3.39. The molecule has 1 aromatic carbocycles. The number of nitrogens with zero attached hydrogens (tertiary/aromatic N) is 2. The van der Waals surface area contributed by atoms with E-state index in [1.807, 2.05) is 4.90 Å². The number of halogens is 1. The van der Waals surface area contributed by atoms with Crippen LogP contribution < -0.4 is 0 Å². The molecule has 0 bridgehead atoms. The predicted octanol–water partition coefficient (Wildman–Crippen LogP) is 3.11. The van der Waals surface area contributed by atoms with Crippen molar-refractivity contribution in [3.05, 3.63) is 35.6 Å². The summed E-state index contributed by atoms with van der Waals surface area (Å²) in [4.78, 5) is 19.9. The summed E-state index contributed by atoms with van der Waals surface area (Å²) in [6.07, 6.45) is 2.88.